The number of piperidine rings is 3. The lowest BCUT2D eigenvalue weighted by atomic mass is 9.76. The highest BCUT2D eigenvalue weighted by molar-refractivity contribution is 5.22. The zero-order valence-corrected chi connectivity index (χ0v) is 11.8. The van der Waals surface area contributed by atoms with Crippen LogP contribution in [0, 0.1) is 5.92 Å². The highest BCUT2D eigenvalue weighted by Crippen LogP contribution is 2.54. The third kappa shape index (κ3) is 1.85. The summed E-state index contributed by atoms with van der Waals surface area (Å²) in [7, 11) is 0. The van der Waals surface area contributed by atoms with Crippen LogP contribution in [-0.4, -0.2) is 29.6 Å². The number of fused-ring (bicyclic) bond motifs is 2. The molecular formula is C17H24N2. The smallest absolute Gasteiger partial charge is 0.0366 e. The normalized spacial score (nSPS) is 36.4. The van der Waals surface area contributed by atoms with E-state index in [1.807, 2.05) is 0 Å². The minimum Gasteiger partial charge on any atom is -0.305 e. The number of rotatable bonds is 3. The van der Waals surface area contributed by atoms with Crippen molar-refractivity contribution < 1.29 is 0 Å². The molecule has 2 unspecified atom stereocenters. The fourth-order valence-corrected chi connectivity index (χ4v) is 4.47. The summed E-state index contributed by atoms with van der Waals surface area (Å²) in [5.74, 6) is 0.915. The molecule has 0 aromatic heterocycles. The Morgan fingerprint density at radius 2 is 1.84 bits per heavy atom. The van der Waals surface area contributed by atoms with Gasteiger partial charge in [0.1, 0.15) is 0 Å². The lowest BCUT2D eigenvalue weighted by Crippen LogP contribution is -2.64. The first-order chi connectivity index (χ1) is 9.29. The zero-order valence-electron chi connectivity index (χ0n) is 11.8. The fourth-order valence-electron chi connectivity index (χ4n) is 4.47. The van der Waals surface area contributed by atoms with Gasteiger partial charge < -0.3 is 5.32 Å². The first kappa shape index (κ1) is 11.9. The van der Waals surface area contributed by atoms with E-state index in [1.54, 1.807) is 0 Å². The molecule has 0 amide bonds. The lowest BCUT2D eigenvalue weighted by Gasteiger charge is -2.53. The van der Waals surface area contributed by atoms with E-state index in [2.05, 4.69) is 47.5 Å². The van der Waals surface area contributed by atoms with Crippen molar-refractivity contribution >= 4 is 0 Å². The van der Waals surface area contributed by atoms with E-state index in [0.717, 1.165) is 12.0 Å². The molecule has 1 aliphatic carbocycles. The van der Waals surface area contributed by atoms with Crippen molar-refractivity contribution in [1.29, 1.82) is 0 Å². The van der Waals surface area contributed by atoms with Crippen molar-refractivity contribution in [2.45, 2.75) is 50.2 Å². The van der Waals surface area contributed by atoms with Gasteiger partial charge in [0.05, 0.1) is 0 Å². The summed E-state index contributed by atoms with van der Waals surface area (Å²) in [5, 5.41) is 3.98. The third-order valence-electron chi connectivity index (χ3n) is 5.71. The second-order valence-corrected chi connectivity index (χ2v) is 6.70. The molecule has 3 aliphatic heterocycles. The molecule has 3 heterocycles. The van der Waals surface area contributed by atoms with Crippen molar-refractivity contribution in [2.75, 3.05) is 13.1 Å². The Bertz CT molecular complexity index is 444. The van der Waals surface area contributed by atoms with Crippen LogP contribution in [0.2, 0.25) is 0 Å². The molecule has 1 N–H and O–H groups in total. The van der Waals surface area contributed by atoms with Gasteiger partial charge in [0.25, 0.3) is 0 Å². The van der Waals surface area contributed by atoms with Crippen molar-refractivity contribution in [3.63, 3.8) is 0 Å². The zero-order chi connectivity index (χ0) is 12.9. The summed E-state index contributed by atoms with van der Waals surface area (Å²) in [6, 6.07) is 12.1. The second kappa shape index (κ2) is 4.32. The van der Waals surface area contributed by atoms with Gasteiger partial charge in [0.15, 0.2) is 0 Å². The summed E-state index contributed by atoms with van der Waals surface area (Å²) in [6.45, 7) is 5.02. The van der Waals surface area contributed by atoms with Crippen LogP contribution in [0.15, 0.2) is 30.3 Å². The standard InChI is InChI=1S/C17H24N2/c1-13(14-5-3-2-4-6-14)18-16-15-7-11-19(12-8-15)17(16)9-10-17/h2-6,13,15-16,18H,7-12H2,1H3. The van der Waals surface area contributed by atoms with Gasteiger partial charge in [-0.05, 0) is 57.2 Å². The van der Waals surface area contributed by atoms with Crippen LogP contribution in [0.4, 0.5) is 0 Å². The largest absolute Gasteiger partial charge is 0.305 e. The SMILES string of the molecule is CC(NC1C2CCN(CC2)C12CC2)c1ccccc1. The maximum Gasteiger partial charge on any atom is 0.0366 e. The molecule has 2 bridgehead atoms. The van der Waals surface area contributed by atoms with Crippen molar-refractivity contribution in [3.05, 3.63) is 35.9 Å². The van der Waals surface area contributed by atoms with Crippen molar-refractivity contribution in [1.82, 2.24) is 10.2 Å². The van der Waals surface area contributed by atoms with Gasteiger partial charge in [-0.15, -0.1) is 0 Å². The summed E-state index contributed by atoms with van der Waals surface area (Å²) >= 11 is 0. The molecule has 4 aliphatic rings. The van der Waals surface area contributed by atoms with E-state index in [-0.39, 0.29) is 0 Å². The Labute approximate surface area is 116 Å². The van der Waals surface area contributed by atoms with E-state index < -0.39 is 0 Å². The number of hydrogen-bond acceptors (Lipinski definition) is 2. The molecule has 2 atom stereocenters. The Balaban J connectivity index is 1.53. The van der Waals surface area contributed by atoms with Crippen LogP contribution < -0.4 is 5.32 Å². The fraction of sp³-hybridized carbons (Fsp3) is 0.647. The van der Waals surface area contributed by atoms with Crippen LogP contribution >= 0.6 is 0 Å². The first-order valence-electron chi connectivity index (χ1n) is 7.86. The predicted molar refractivity (Wildman–Crippen MR) is 78.0 cm³/mol. The molecule has 1 aromatic rings. The molecule has 3 saturated heterocycles. The predicted octanol–water partition coefficient (Wildman–Crippen LogP) is 2.96. The average molecular weight is 256 g/mol. The minimum atomic E-state index is 0.476. The van der Waals surface area contributed by atoms with Crippen LogP contribution in [0.3, 0.4) is 0 Å². The molecule has 0 radical (unpaired) electrons. The highest BCUT2D eigenvalue weighted by Gasteiger charge is 2.60. The van der Waals surface area contributed by atoms with E-state index in [0.29, 0.717) is 11.6 Å². The number of nitrogens with one attached hydrogen (secondary N) is 1. The van der Waals surface area contributed by atoms with E-state index in [1.165, 1.54) is 44.3 Å². The van der Waals surface area contributed by atoms with Gasteiger partial charge in [-0.25, -0.2) is 0 Å². The minimum absolute atomic E-state index is 0.476. The molecule has 2 heteroatoms. The van der Waals surface area contributed by atoms with Gasteiger partial charge in [0.2, 0.25) is 0 Å². The van der Waals surface area contributed by atoms with Gasteiger partial charge in [-0.1, -0.05) is 30.3 Å². The Kier molecular flexibility index (Phi) is 2.71. The quantitative estimate of drug-likeness (QED) is 0.894. The van der Waals surface area contributed by atoms with Crippen LogP contribution in [-0.2, 0) is 0 Å². The summed E-state index contributed by atoms with van der Waals surface area (Å²) in [4.78, 5) is 2.78. The highest BCUT2D eigenvalue weighted by atomic mass is 15.3. The number of nitrogens with zero attached hydrogens (tertiary/aromatic N) is 1. The molecule has 2 nitrogen and oxygen atoms in total. The number of hydrogen-bond donors (Lipinski definition) is 1. The van der Waals surface area contributed by atoms with Gasteiger partial charge in [0, 0.05) is 17.6 Å². The van der Waals surface area contributed by atoms with Gasteiger partial charge >= 0.3 is 0 Å². The van der Waals surface area contributed by atoms with E-state index in [9.17, 15) is 0 Å². The lowest BCUT2D eigenvalue weighted by molar-refractivity contribution is -0.00655. The van der Waals surface area contributed by atoms with E-state index >= 15 is 0 Å². The molecule has 5 rings (SSSR count). The number of benzene rings is 1. The Morgan fingerprint density at radius 3 is 2.47 bits per heavy atom. The molecule has 4 fully saturated rings. The Hall–Kier alpha value is -0.860. The maximum absolute atomic E-state index is 3.98. The topological polar surface area (TPSA) is 15.3 Å². The summed E-state index contributed by atoms with van der Waals surface area (Å²) < 4.78 is 0. The molecule has 1 spiro atoms. The van der Waals surface area contributed by atoms with Crippen LogP contribution in [0.25, 0.3) is 0 Å². The van der Waals surface area contributed by atoms with E-state index in [4.69, 9.17) is 0 Å². The summed E-state index contributed by atoms with van der Waals surface area (Å²) in [6.07, 6.45) is 5.65. The van der Waals surface area contributed by atoms with Crippen molar-refractivity contribution in [2.24, 2.45) is 5.92 Å². The molecule has 1 saturated carbocycles. The molecule has 1 aromatic carbocycles. The summed E-state index contributed by atoms with van der Waals surface area (Å²) in [5.41, 5.74) is 1.97. The van der Waals surface area contributed by atoms with Crippen LogP contribution in [0.1, 0.15) is 44.2 Å². The average Bonchev–Trinajstić information content (AvgIpc) is 3.25. The third-order valence-corrected chi connectivity index (χ3v) is 5.71. The maximum atomic E-state index is 3.98. The Morgan fingerprint density at radius 1 is 1.16 bits per heavy atom. The molecule has 19 heavy (non-hydrogen) atoms. The monoisotopic (exact) mass is 256 g/mol. The van der Waals surface area contributed by atoms with Crippen LogP contribution in [0.5, 0.6) is 0 Å². The first-order valence-corrected chi connectivity index (χ1v) is 7.86. The van der Waals surface area contributed by atoms with Gasteiger partial charge in [-0.3, -0.25) is 4.90 Å². The molecular weight excluding hydrogens is 232 g/mol. The van der Waals surface area contributed by atoms with Crippen molar-refractivity contribution in [3.8, 4) is 0 Å². The molecule has 102 valence electrons. The van der Waals surface area contributed by atoms with Gasteiger partial charge in [-0.2, -0.15) is 0 Å². The second-order valence-electron chi connectivity index (χ2n) is 6.70.